The van der Waals surface area contributed by atoms with Crippen LogP contribution in [-0.4, -0.2) is 46.7 Å². The second-order valence-electron chi connectivity index (χ2n) is 7.31. The summed E-state index contributed by atoms with van der Waals surface area (Å²) in [6.45, 7) is 2.21. The van der Waals surface area contributed by atoms with Crippen LogP contribution in [0.2, 0.25) is 0 Å². The maximum Gasteiger partial charge on any atom is 0.252 e. The lowest BCUT2D eigenvalue weighted by Gasteiger charge is -2.40. The zero-order valence-electron chi connectivity index (χ0n) is 13.1. The van der Waals surface area contributed by atoms with Crippen molar-refractivity contribution in [3.8, 4) is 0 Å². The van der Waals surface area contributed by atoms with Gasteiger partial charge in [-0.1, -0.05) is 19.3 Å². The van der Waals surface area contributed by atoms with E-state index in [-0.39, 0.29) is 11.9 Å². The summed E-state index contributed by atoms with van der Waals surface area (Å²) in [7, 11) is 0. The standard InChI is InChI=1S/C17H30N2O2/c20-16(17(21)10-4-5-11-17)18-14-8-12-19(13-9-14)15-6-2-1-3-7-15/h14-15,21H,1-13H2,(H,18,20). The number of carbonyl (C=O) groups is 1. The van der Waals surface area contributed by atoms with Gasteiger partial charge in [0.25, 0.3) is 5.91 Å². The first kappa shape index (κ1) is 15.3. The van der Waals surface area contributed by atoms with E-state index in [1.807, 2.05) is 0 Å². The van der Waals surface area contributed by atoms with Gasteiger partial charge in [-0.3, -0.25) is 4.79 Å². The van der Waals surface area contributed by atoms with E-state index in [9.17, 15) is 9.90 Å². The van der Waals surface area contributed by atoms with Crippen molar-refractivity contribution in [2.24, 2.45) is 0 Å². The van der Waals surface area contributed by atoms with Crippen molar-refractivity contribution in [1.29, 1.82) is 0 Å². The van der Waals surface area contributed by atoms with Crippen molar-refractivity contribution in [3.05, 3.63) is 0 Å². The predicted molar refractivity (Wildman–Crippen MR) is 83.0 cm³/mol. The summed E-state index contributed by atoms with van der Waals surface area (Å²) in [5.74, 6) is -0.115. The monoisotopic (exact) mass is 294 g/mol. The molecule has 3 aliphatic rings. The van der Waals surface area contributed by atoms with E-state index in [1.165, 1.54) is 32.1 Å². The molecule has 2 N–H and O–H groups in total. The number of aliphatic hydroxyl groups is 1. The number of hydrogen-bond acceptors (Lipinski definition) is 3. The Hall–Kier alpha value is -0.610. The Morgan fingerprint density at radius 2 is 1.57 bits per heavy atom. The Balaban J connectivity index is 1.44. The summed E-state index contributed by atoms with van der Waals surface area (Å²) in [6, 6.07) is 1.05. The molecule has 3 rings (SSSR count). The minimum Gasteiger partial charge on any atom is -0.380 e. The topological polar surface area (TPSA) is 52.6 Å². The zero-order valence-corrected chi connectivity index (χ0v) is 13.1. The van der Waals surface area contributed by atoms with E-state index in [0.29, 0.717) is 12.8 Å². The van der Waals surface area contributed by atoms with Crippen LogP contribution in [-0.2, 0) is 4.79 Å². The van der Waals surface area contributed by atoms with E-state index in [0.717, 1.165) is 44.8 Å². The van der Waals surface area contributed by atoms with E-state index in [4.69, 9.17) is 0 Å². The van der Waals surface area contributed by atoms with Gasteiger partial charge in [0.05, 0.1) is 0 Å². The Morgan fingerprint density at radius 1 is 0.952 bits per heavy atom. The lowest BCUT2D eigenvalue weighted by molar-refractivity contribution is -0.140. The van der Waals surface area contributed by atoms with Crippen molar-refractivity contribution in [1.82, 2.24) is 10.2 Å². The third-order valence-electron chi connectivity index (χ3n) is 5.81. The van der Waals surface area contributed by atoms with Gasteiger partial charge >= 0.3 is 0 Å². The number of piperidine rings is 1. The van der Waals surface area contributed by atoms with Gasteiger partial charge in [-0.05, 0) is 51.4 Å². The highest BCUT2D eigenvalue weighted by atomic mass is 16.3. The molecule has 0 atom stereocenters. The smallest absolute Gasteiger partial charge is 0.252 e. The minimum atomic E-state index is -1.07. The molecule has 0 aromatic heterocycles. The molecule has 2 saturated carbocycles. The maximum absolute atomic E-state index is 12.2. The number of amides is 1. The average molecular weight is 294 g/mol. The van der Waals surface area contributed by atoms with Crippen molar-refractivity contribution < 1.29 is 9.90 Å². The average Bonchev–Trinajstić information content (AvgIpc) is 2.97. The van der Waals surface area contributed by atoms with Crippen LogP contribution in [0, 0.1) is 0 Å². The molecule has 0 unspecified atom stereocenters. The quantitative estimate of drug-likeness (QED) is 0.839. The number of hydrogen-bond donors (Lipinski definition) is 2. The number of nitrogens with one attached hydrogen (secondary N) is 1. The lowest BCUT2D eigenvalue weighted by atomic mass is 9.92. The molecule has 0 aromatic carbocycles. The van der Waals surface area contributed by atoms with Gasteiger partial charge in [0.1, 0.15) is 5.60 Å². The Bertz CT molecular complexity index is 352. The first-order chi connectivity index (χ1) is 10.2. The summed E-state index contributed by atoms with van der Waals surface area (Å²) in [5, 5.41) is 13.4. The Labute approximate surface area is 128 Å². The van der Waals surface area contributed by atoms with Crippen LogP contribution in [0.3, 0.4) is 0 Å². The molecule has 2 aliphatic carbocycles. The number of carbonyl (C=O) groups excluding carboxylic acids is 1. The number of likely N-dealkylation sites (tertiary alicyclic amines) is 1. The van der Waals surface area contributed by atoms with Crippen LogP contribution in [0.25, 0.3) is 0 Å². The van der Waals surface area contributed by atoms with Gasteiger partial charge in [0.2, 0.25) is 0 Å². The molecule has 1 saturated heterocycles. The third kappa shape index (κ3) is 3.59. The molecule has 21 heavy (non-hydrogen) atoms. The normalized spacial score (nSPS) is 28.6. The second-order valence-corrected chi connectivity index (χ2v) is 7.31. The lowest BCUT2D eigenvalue weighted by Crippen LogP contribution is -2.53. The molecule has 1 heterocycles. The van der Waals surface area contributed by atoms with Gasteiger partial charge in [-0.15, -0.1) is 0 Å². The predicted octanol–water partition coefficient (Wildman–Crippen LogP) is 2.20. The summed E-state index contributed by atoms with van der Waals surface area (Å²) in [6.07, 6.45) is 12.2. The molecule has 4 nitrogen and oxygen atoms in total. The maximum atomic E-state index is 12.2. The third-order valence-corrected chi connectivity index (χ3v) is 5.81. The molecule has 0 aromatic rings. The van der Waals surface area contributed by atoms with E-state index in [2.05, 4.69) is 10.2 Å². The summed E-state index contributed by atoms with van der Waals surface area (Å²) >= 11 is 0. The SMILES string of the molecule is O=C(NC1CCN(C2CCCCC2)CC1)C1(O)CCCC1. The van der Waals surface area contributed by atoms with Crippen molar-refractivity contribution in [3.63, 3.8) is 0 Å². The summed E-state index contributed by atoms with van der Waals surface area (Å²) < 4.78 is 0. The fraction of sp³-hybridized carbons (Fsp3) is 0.941. The summed E-state index contributed by atoms with van der Waals surface area (Å²) in [5.41, 5.74) is -1.07. The fourth-order valence-corrected chi connectivity index (χ4v) is 4.36. The van der Waals surface area contributed by atoms with Crippen LogP contribution in [0.15, 0.2) is 0 Å². The van der Waals surface area contributed by atoms with Crippen LogP contribution >= 0.6 is 0 Å². The molecule has 120 valence electrons. The number of rotatable bonds is 3. The van der Waals surface area contributed by atoms with Crippen LogP contribution in [0.1, 0.15) is 70.6 Å². The molecule has 0 radical (unpaired) electrons. The second kappa shape index (κ2) is 6.66. The van der Waals surface area contributed by atoms with Gasteiger partial charge in [0.15, 0.2) is 0 Å². The van der Waals surface area contributed by atoms with Gasteiger partial charge < -0.3 is 15.3 Å². The Morgan fingerprint density at radius 3 is 2.19 bits per heavy atom. The van der Waals surface area contributed by atoms with E-state index in [1.54, 1.807) is 0 Å². The highest BCUT2D eigenvalue weighted by Gasteiger charge is 2.40. The first-order valence-electron chi connectivity index (χ1n) is 8.95. The molecular weight excluding hydrogens is 264 g/mol. The summed E-state index contributed by atoms with van der Waals surface area (Å²) in [4.78, 5) is 14.9. The molecule has 4 heteroatoms. The van der Waals surface area contributed by atoms with E-state index < -0.39 is 5.60 Å². The minimum absolute atomic E-state index is 0.115. The van der Waals surface area contributed by atoms with Crippen LogP contribution in [0.4, 0.5) is 0 Å². The zero-order chi connectivity index (χ0) is 14.7. The highest BCUT2D eigenvalue weighted by molar-refractivity contribution is 5.85. The molecule has 1 amide bonds. The molecular formula is C17H30N2O2. The van der Waals surface area contributed by atoms with Crippen molar-refractivity contribution in [2.75, 3.05) is 13.1 Å². The van der Waals surface area contributed by atoms with Gasteiger partial charge in [-0.2, -0.15) is 0 Å². The van der Waals surface area contributed by atoms with E-state index >= 15 is 0 Å². The number of nitrogens with zero attached hydrogens (tertiary/aromatic N) is 1. The fourth-order valence-electron chi connectivity index (χ4n) is 4.36. The largest absolute Gasteiger partial charge is 0.380 e. The molecule has 3 fully saturated rings. The molecule has 1 aliphatic heterocycles. The van der Waals surface area contributed by atoms with Crippen molar-refractivity contribution >= 4 is 5.91 Å². The van der Waals surface area contributed by atoms with Crippen molar-refractivity contribution in [2.45, 2.75) is 88.3 Å². The van der Waals surface area contributed by atoms with Gasteiger partial charge in [0, 0.05) is 25.2 Å². The first-order valence-corrected chi connectivity index (χ1v) is 8.95. The Kier molecular flexibility index (Phi) is 4.85. The van der Waals surface area contributed by atoms with Crippen LogP contribution in [0.5, 0.6) is 0 Å². The highest BCUT2D eigenvalue weighted by Crippen LogP contribution is 2.30. The van der Waals surface area contributed by atoms with Gasteiger partial charge in [-0.25, -0.2) is 0 Å². The van der Waals surface area contributed by atoms with Crippen LogP contribution < -0.4 is 5.32 Å². The molecule has 0 spiro atoms. The molecule has 0 bridgehead atoms.